The minimum Gasteiger partial charge on any atom is -0.504 e. The monoisotopic (exact) mass is 286 g/mol. The van der Waals surface area contributed by atoms with E-state index in [1.54, 1.807) is 12.1 Å². The molecule has 2 aromatic carbocycles. The van der Waals surface area contributed by atoms with Gasteiger partial charge in [-0.05, 0) is 17.7 Å². The summed E-state index contributed by atoms with van der Waals surface area (Å²) in [5.41, 5.74) is 6.41. The fraction of sp³-hybridized carbons (Fsp3) is 0.188. The second-order valence-electron chi connectivity index (χ2n) is 4.53. The third kappa shape index (κ3) is 4.22. The molecule has 0 spiro atoms. The van der Waals surface area contributed by atoms with E-state index in [1.165, 1.54) is 11.6 Å². The van der Waals surface area contributed by atoms with Gasteiger partial charge in [0.25, 0.3) is 5.91 Å². The average molecular weight is 286 g/mol. The van der Waals surface area contributed by atoms with Crippen molar-refractivity contribution >= 4 is 5.91 Å². The van der Waals surface area contributed by atoms with Gasteiger partial charge in [0.1, 0.15) is 6.61 Å². The molecule has 0 aliphatic carbocycles. The van der Waals surface area contributed by atoms with Crippen LogP contribution in [0.3, 0.4) is 0 Å². The van der Waals surface area contributed by atoms with Crippen LogP contribution in [-0.4, -0.2) is 24.2 Å². The zero-order valence-electron chi connectivity index (χ0n) is 11.6. The number of primary amides is 1. The first-order valence-corrected chi connectivity index (χ1v) is 6.67. The van der Waals surface area contributed by atoms with Gasteiger partial charge in [-0.3, -0.25) is 4.79 Å². The summed E-state index contributed by atoms with van der Waals surface area (Å²) in [6, 6.07) is 14.7. The predicted octanol–water partition coefficient (Wildman–Crippen LogP) is 1.66. The second-order valence-corrected chi connectivity index (χ2v) is 4.53. The summed E-state index contributed by atoms with van der Waals surface area (Å²) in [4.78, 5) is 11.1. The van der Waals surface area contributed by atoms with Crippen LogP contribution in [0.5, 0.6) is 11.5 Å². The smallest absolute Gasteiger partial charge is 0.252 e. The molecule has 0 saturated heterocycles. The Balaban J connectivity index is 1.79. The molecule has 21 heavy (non-hydrogen) atoms. The minimum absolute atomic E-state index is 0.0599. The summed E-state index contributed by atoms with van der Waals surface area (Å²) < 4.78 is 5.45. The molecule has 0 aromatic heterocycles. The molecule has 0 bridgehead atoms. The van der Waals surface area contributed by atoms with Crippen molar-refractivity contribution in [2.45, 2.75) is 6.54 Å². The van der Waals surface area contributed by atoms with Crippen LogP contribution >= 0.6 is 0 Å². The van der Waals surface area contributed by atoms with Crippen LogP contribution in [0, 0.1) is 0 Å². The normalized spacial score (nSPS) is 10.3. The van der Waals surface area contributed by atoms with E-state index in [2.05, 4.69) is 5.32 Å². The van der Waals surface area contributed by atoms with Gasteiger partial charge in [-0.1, -0.05) is 36.4 Å². The lowest BCUT2D eigenvalue weighted by atomic mass is 10.2. The molecule has 2 aromatic rings. The number of ether oxygens (including phenoxy) is 1. The van der Waals surface area contributed by atoms with Crippen molar-refractivity contribution < 1.29 is 14.6 Å². The lowest BCUT2D eigenvalue weighted by Crippen LogP contribution is -2.20. The predicted molar refractivity (Wildman–Crippen MR) is 80.3 cm³/mol. The summed E-state index contributed by atoms with van der Waals surface area (Å²) >= 11 is 0. The number of nitrogens with two attached hydrogens (primary N) is 1. The number of carbonyl (C=O) groups is 1. The molecule has 0 fully saturated rings. The van der Waals surface area contributed by atoms with Crippen molar-refractivity contribution in [1.29, 1.82) is 0 Å². The Morgan fingerprint density at radius 1 is 1.14 bits per heavy atom. The van der Waals surface area contributed by atoms with E-state index in [1.807, 2.05) is 30.3 Å². The number of hydrogen-bond donors (Lipinski definition) is 3. The fourth-order valence-corrected chi connectivity index (χ4v) is 1.90. The molecule has 110 valence electrons. The lowest BCUT2D eigenvalue weighted by Gasteiger charge is -2.10. The molecule has 0 aliphatic heterocycles. The van der Waals surface area contributed by atoms with Gasteiger partial charge in [0, 0.05) is 13.1 Å². The number of phenols is 1. The van der Waals surface area contributed by atoms with Crippen LogP contribution in [0.1, 0.15) is 15.9 Å². The zero-order chi connectivity index (χ0) is 15.1. The largest absolute Gasteiger partial charge is 0.504 e. The number of rotatable bonds is 7. The Hall–Kier alpha value is -2.53. The Morgan fingerprint density at radius 3 is 2.62 bits per heavy atom. The van der Waals surface area contributed by atoms with Crippen LogP contribution in [0.2, 0.25) is 0 Å². The van der Waals surface area contributed by atoms with Crippen molar-refractivity contribution in [2.75, 3.05) is 13.2 Å². The van der Waals surface area contributed by atoms with E-state index in [9.17, 15) is 9.90 Å². The molecule has 5 nitrogen and oxygen atoms in total. The van der Waals surface area contributed by atoms with E-state index in [4.69, 9.17) is 10.5 Å². The van der Waals surface area contributed by atoms with E-state index < -0.39 is 5.91 Å². The summed E-state index contributed by atoms with van der Waals surface area (Å²) in [5.74, 6) is -0.638. The third-order valence-electron chi connectivity index (χ3n) is 2.97. The molecule has 0 radical (unpaired) electrons. The number of amides is 1. The van der Waals surface area contributed by atoms with E-state index in [-0.39, 0.29) is 17.1 Å². The molecular formula is C16H18N2O3. The average Bonchev–Trinajstić information content (AvgIpc) is 2.49. The number of nitrogens with one attached hydrogen (secondary N) is 1. The number of hydrogen-bond acceptors (Lipinski definition) is 4. The van der Waals surface area contributed by atoms with Gasteiger partial charge >= 0.3 is 0 Å². The molecule has 5 heteroatoms. The van der Waals surface area contributed by atoms with Crippen LogP contribution in [-0.2, 0) is 6.54 Å². The van der Waals surface area contributed by atoms with Crippen molar-refractivity contribution in [3.8, 4) is 11.5 Å². The summed E-state index contributed by atoms with van der Waals surface area (Å²) in [5, 5.41) is 13.1. The molecule has 0 atom stereocenters. The second kappa shape index (κ2) is 7.31. The molecule has 0 heterocycles. The molecule has 0 unspecified atom stereocenters. The Kier molecular flexibility index (Phi) is 5.17. The first kappa shape index (κ1) is 14.9. The highest BCUT2D eigenvalue weighted by Crippen LogP contribution is 2.29. The van der Waals surface area contributed by atoms with Crippen LogP contribution < -0.4 is 15.8 Å². The third-order valence-corrected chi connectivity index (χ3v) is 2.97. The van der Waals surface area contributed by atoms with Crippen LogP contribution in [0.15, 0.2) is 48.5 Å². The number of carbonyl (C=O) groups excluding carboxylic acids is 1. The Morgan fingerprint density at radius 2 is 1.90 bits per heavy atom. The summed E-state index contributed by atoms with van der Waals surface area (Å²) in [6.07, 6.45) is 0. The zero-order valence-corrected chi connectivity index (χ0v) is 11.6. The van der Waals surface area contributed by atoms with Crippen LogP contribution in [0.25, 0.3) is 0 Å². The maximum atomic E-state index is 11.1. The molecule has 0 aliphatic rings. The standard InChI is InChI=1S/C16H18N2O3/c17-16(20)13-7-4-8-14(15(13)19)21-10-9-18-11-12-5-2-1-3-6-12/h1-8,18-19H,9-11H2,(H2,17,20). The van der Waals surface area contributed by atoms with Gasteiger partial charge in [0.15, 0.2) is 11.5 Å². The molecule has 4 N–H and O–H groups in total. The summed E-state index contributed by atoms with van der Waals surface area (Å²) in [7, 11) is 0. The number of benzene rings is 2. The van der Waals surface area contributed by atoms with Gasteiger partial charge in [-0.15, -0.1) is 0 Å². The highest BCUT2D eigenvalue weighted by Gasteiger charge is 2.11. The van der Waals surface area contributed by atoms with Crippen molar-refractivity contribution in [2.24, 2.45) is 5.73 Å². The molecule has 1 amide bonds. The fourth-order valence-electron chi connectivity index (χ4n) is 1.90. The SMILES string of the molecule is NC(=O)c1cccc(OCCNCc2ccccc2)c1O. The minimum atomic E-state index is -0.680. The van der Waals surface area contributed by atoms with Crippen molar-refractivity contribution in [3.63, 3.8) is 0 Å². The quantitative estimate of drug-likeness (QED) is 0.676. The number of aromatic hydroxyl groups is 1. The van der Waals surface area contributed by atoms with E-state index in [0.29, 0.717) is 13.2 Å². The van der Waals surface area contributed by atoms with Gasteiger partial charge in [0.05, 0.1) is 5.56 Å². The Labute approximate surface area is 123 Å². The van der Waals surface area contributed by atoms with Gasteiger partial charge < -0.3 is 20.9 Å². The maximum Gasteiger partial charge on any atom is 0.252 e. The lowest BCUT2D eigenvalue weighted by molar-refractivity contribution is 0.0997. The van der Waals surface area contributed by atoms with Crippen molar-refractivity contribution in [3.05, 3.63) is 59.7 Å². The summed E-state index contributed by atoms with van der Waals surface area (Å²) in [6.45, 7) is 1.75. The maximum absolute atomic E-state index is 11.1. The van der Waals surface area contributed by atoms with E-state index >= 15 is 0 Å². The highest BCUT2D eigenvalue weighted by atomic mass is 16.5. The van der Waals surface area contributed by atoms with Gasteiger partial charge in [0.2, 0.25) is 0 Å². The van der Waals surface area contributed by atoms with E-state index in [0.717, 1.165) is 6.54 Å². The Bertz CT molecular complexity index is 600. The topological polar surface area (TPSA) is 84.6 Å². The number of para-hydroxylation sites is 1. The molecular weight excluding hydrogens is 268 g/mol. The van der Waals surface area contributed by atoms with Gasteiger partial charge in [-0.2, -0.15) is 0 Å². The first-order chi connectivity index (χ1) is 10.2. The first-order valence-electron chi connectivity index (χ1n) is 6.67. The highest BCUT2D eigenvalue weighted by molar-refractivity contribution is 5.96. The molecule has 0 saturated carbocycles. The van der Waals surface area contributed by atoms with Gasteiger partial charge in [-0.25, -0.2) is 0 Å². The molecule has 2 rings (SSSR count). The van der Waals surface area contributed by atoms with Crippen molar-refractivity contribution in [1.82, 2.24) is 5.32 Å². The van der Waals surface area contributed by atoms with Crippen LogP contribution in [0.4, 0.5) is 0 Å².